The zero-order chi connectivity index (χ0) is 19.3. The Balaban J connectivity index is 2.16. The average molecular weight is 424 g/mol. The Bertz CT molecular complexity index is 871. The summed E-state index contributed by atoms with van der Waals surface area (Å²) in [5.74, 6) is -0.691. The SMILES string of the molecule is COc1cc(Br)c(OC)c(C(=O)NNC(=O)c2cccc([N+](=O)[O-])c2)c1. The zero-order valence-electron chi connectivity index (χ0n) is 13.7. The van der Waals surface area contributed by atoms with Gasteiger partial charge >= 0.3 is 0 Å². The molecule has 136 valence electrons. The zero-order valence-corrected chi connectivity index (χ0v) is 15.3. The van der Waals surface area contributed by atoms with Crippen molar-refractivity contribution in [2.75, 3.05) is 14.2 Å². The molecule has 2 aromatic rings. The highest BCUT2D eigenvalue weighted by atomic mass is 79.9. The number of hydrogen-bond donors (Lipinski definition) is 2. The molecule has 10 heteroatoms. The Morgan fingerprint density at radius 1 is 1.08 bits per heavy atom. The van der Waals surface area contributed by atoms with Gasteiger partial charge in [0.05, 0.1) is 29.2 Å². The fraction of sp³-hybridized carbons (Fsp3) is 0.125. The van der Waals surface area contributed by atoms with Gasteiger partial charge < -0.3 is 9.47 Å². The first-order chi connectivity index (χ1) is 12.4. The third kappa shape index (κ3) is 4.28. The number of nitro groups is 1. The normalized spacial score (nSPS) is 9.96. The second kappa shape index (κ2) is 8.30. The van der Waals surface area contributed by atoms with Gasteiger partial charge in [-0.15, -0.1) is 0 Å². The van der Waals surface area contributed by atoms with Gasteiger partial charge in [0, 0.05) is 17.7 Å². The van der Waals surface area contributed by atoms with Gasteiger partial charge in [-0.2, -0.15) is 0 Å². The van der Waals surface area contributed by atoms with Crippen molar-refractivity contribution in [3.63, 3.8) is 0 Å². The summed E-state index contributed by atoms with van der Waals surface area (Å²) in [4.78, 5) is 34.6. The topological polar surface area (TPSA) is 120 Å². The molecule has 0 spiro atoms. The summed E-state index contributed by atoms with van der Waals surface area (Å²) in [6.45, 7) is 0. The van der Waals surface area contributed by atoms with Crippen LogP contribution in [0, 0.1) is 10.1 Å². The summed E-state index contributed by atoms with van der Waals surface area (Å²) < 4.78 is 10.8. The Kier molecular flexibility index (Phi) is 6.12. The third-order valence-electron chi connectivity index (χ3n) is 3.31. The molecule has 0 unspecified atom stereocenters. The van der Waals surface area contributed by atoms with E-state index >= 15 is 0 Å². The minimum atomic E-state index is -0.706. The summed E-state index contributed by atoms with van der Waals surface area (Å²) in [5.41, 5.74) is 4.35. The highest BCUT2D eigenvalue weighted by molar-refractivity contribution is 9.10. The Labute approximate surface area is 156 Å². The number of nitrogens with zero attached hydrogens (tertiary/aromatic N) is 1. The van der Waals surface area contributed by atoms with Crippen molar-refractivity contribution in [3.05, 3.63) is 62.1 Å². The number of nitrogens with one attached hydrogen (secondary N) is 2. The number of carbonyl (C=O) groups excluding carboxylic acids is 2. The predicted molar refractivity (Wildman–Crippen MR) is 95.3 cm³/mol. The van der Waals surface area contributed by atoms with Crippen LogP contribution in [0.3, 0.4) is 0 Å². The summed E-state index contributed by atoms with van der Waals surface area (Å²) in [7, 11) is 2.84. The van der Waals surface area contributed by atoms with Gasteiger partial charge in [0.2, 0.25) is 0 Å². The quantitative estimate of drug-likeness (QED) is 0.562. The number of nitro benzene ring substituents is 1. The van der Waals surface area contributed by atoms with Gasteiger partial charge in [-0.05, 0) is 34.1 Å². The van der Waals surface area contributed by atoms with Crippen LogP contribution in [0.25, 0.3) is 0 Å². The summed E-state index contributed by atoms with van der Waals surface area (Å²) in [6.07, 6.45) is 0. The monoisotopic (exact) mass is 423 g/mol. The molecule has 0 atom stereocenters. The van der Waals surface area contributed by atoms with Crippen LogP contribution in [-0.2, 0) is 0 Å². The molecule has 26 heavy (non-hydrogen) atoms. The van der Waals surface area contributed by atoms with E-state index in [1.54, 1.807) is 6.07 Å². The molecule has 0 aliphatic rings. The van der Waals surface area contributed by atoms with Crippen LogP contribution >= 0.6 is 15.9 Å². The second-order valence-corrected chi connectivity index (χ2v) is 5.76. The van der Waals surface area contributed by atoms with Crippen molar-refractivity contribution in [2.24, 2.45) is 0 Å². The minimum absolute atomic E-state index is 0.0262. The fourth-order valence-electron chi connectivity index (χ4n) is 2.08. The standard InChI is InChI=1S/C16H14BrN3O6/c1-25-11-7-12(14(26-2)13(17)8-11)16(22)19-18-15(21)9-4-3-5-10(6-9)20(23)24/h3-8H,1-2H3,(H,18,21)(H,19,22). The summed E-state index contributed by atoms with van der Waals surface area (Å²) in [5, 5.41) is 10.8. The van der Waals surface area contributed by atoms with Crippen molar-refractivity contribution in [3.8, 4) is 11.5 Å². The van der Waals surface area contributed by atoms with Crippen molar-refractivity contribution in [1.82, 2.24) is 10.9 Å². The van der Waals surface area contributed by atoms with Gasteiger partial charge in [-0.25, -0.2) is 0 Å². The van der Waals surface area contributed by atoms with E-state index in [0.717, 1.165) is 6.07 Å². The van der Waals surface area contributed by atoms with E-state index in [4.69, 9.17) is 9.47 Å². The number of methoxy groups -OCH3 is 2. The van der Waals surface area contributed by atoms with E-state index in [-0.39, 0.29) is 22.6 Å². The molecule has 9 nitrogen and oxygen atoms in total. The van der Waals surface area contributed by atoms with Crippen LogP contribution in [0.15, 0.2) is 40.9 Å². The van der Waals surface area contributed by atoms with E-state index in [0.29, 0.717) is 10.2 Å². The predicted octanol–water partition coefficient (Wildman–Crippen LogP) is 2.45. The van der Waals surface area contributed by atoms with E-state index < -0.39 is 16.7 Å². The van der Waals surface area contributed by atoms with Gasteiger partial charge in [0.1, 0.15) is 11.5 Å². The largest absolute Gasteiger partial charge is 0.497 e. The number of hydrazine groups is 1. The number of ether oxygens (including phenoxy) is 2. The van der Waals surface area contributed by atoms with Gasteiger partial charge in [0.25, 0.3) is 17.5 Å². The van der Waals surface area contributed by atoms with Crippen LogP contribution < -0.4 is 20.3 Å². The molecule has 2 aromatic carbocycles. The van der Waals surface area contributed by atoms with Crippen molar-refractivity contribution in [1.29, 1.82) is 0 Å². The highest BCUT2D eigenvalue weighted by Gasteiger charge is 2.18. The lowest BCUT2D eigenvalue weighted by Gasteiger charge is -2.13. The first kappa shape index (κ1) is 19.2. The number of halogens is 1. The average Bonchev–Trinajstić information content (AvgIpc) is 2.65. The van der Waals surface area contributed by atoms with Crippen molar-refractivity contribution < 1.29 is 24.0 Å². The maximum absolute atomic E-state index is 12.4. The number of non-ortho nitro benzene ring substituents is 1. The molecule has 0 saturated heterocycles. The van der Waals surface area contributed by atoms with Gasteiger partial charge in [-0.3, -0.25) is 30.6 Å². The molecule has 2 N–H and O–H groups in total. The van der Waals surface area contributed by atoms with Crippen LogP contribution in [-0.4, -0.2) is 31.0 Å². The Morgan fingerprint density at radius 3 is 2.38 bits per heavy atom. The molecule has 0 radical (unpaired) electrons. The molecule has 2 amide bonds. The van der Waals surface area contributed by atoms with E-state index in [1.807, 2.05) is 0 Å². The maximum atomic E-state index is 12.4. The number of hydrogen-bond acceptors (Lipinski definition) is 6. The molecule has 0 saturated carbocycles. The first-order valence-electron chi connectivity index (χ1n) is 7.14. The first-order valence-corrected chi connectivity index (χ1v) is 7.93. The van der Waals surface area contributed by atoms with Crippen LogP contribution in [0.4, 0.5) is 5.69 Å². The third-order valence-corrected chi connectivity index (χ3v) is 3.90. The van der Waals surface area contributed by atoms with Gasteiger partial charge in [-0.1, -0.05) is 6.07 Å². The van der Waals surface area contributed by atoms with Gasteiger partial charge in [0.15, 0.2) is 0 Å². The molecule has 0 aromatic heterocycles. The molecular formula is C16H14BrN3O6. The van der Waals surface area contributed by atoms with E-state index in [9.17, 15) is 19.7 Å². The van der Waals surface area contributed by atoms with Crippen molar-refractivity contribution in [2.45, 2.75) is 0 Å². The lowest BCUT2D eigenvalue weighted by atomic mass is 10.1. The number of benzene rings is 2. The summed E-state index contributed by atoms with van der Waals surface area (Å²) in [6, 6.07) is 8.18. The lowest BCUT2D eigenvalue weighted by Crippen LogP contribution is -2.41. The molecule has 0 heterocycles. The minimum Gasteiger partial charge on any atom is -0.497 e. The summed E-state index contributed by atoms with van der Waals surface area (Å²) >= 11 is 3.27. The molecule has 0 aliphatic carbocycles. The number of amides is 2. The van der Waals surface area contributed by atoms with Crippen LogP contribution in [0.2, 0.25) is 0 Å². The maximum Gasteiger partial charge on any atom is 0.273 e. The van der Waals surface area contributed by atoms with Crippen molar-refractivity contribution >= 4 is 33.4 Å². The lowest BCUT2D eigenvalue weighted by molar-refractivity contribution is -0.384. The molecule has 2 rings (SSSR count). The molecule has 0 aliphatic heterocycles. The van der Waals surface area contributed by atoms with E-state index in [2.05, 4.69) is 26.8 Å². The second-order valence-electron chi connectivity index (χ2n) is 4.91. The number of rotatable bonds is 5. The smallest absolute Gasteiger partial charge is 0.273 e. The molecule has 0 fully saturated rings. The Morgan fingerprint density at radius 2 is 1.77 bits per heavy atom. The highest BCUT2D eigenvalue weighted by Crippen LogP contribution is 2.33. The fourth-order valence-corrected chi connectivity index (χ4v) is 2.68. The molecular weight excluding hydrogens is 410 g/mol. The molecule has 0 bridgehead atoms. The Hall–Kier alpha value is -3.14. The van der Waals surface area contributed by atoms with Crippen LogP contribution in [0.5, 0.6) is 11.5 Å². The van der Waals surface area contributed by atoms with Crippen LogP contribution in [0.1, 0.15) is 20.7 Å². The van der Waals surface area contributed by atoms with E-state index in [1.165, 1.54) is 38.5 Å². The number of carbonyl (C=O) groups is 2.